The molecule has 1 aromatic rings. The van der Waals surface area contributed by atoms with Crippen LogP contribution in [0.25, 0.3) is 0 Å². The maximum Gasteiger partial charge on any atom is 0.0175 e. The summed E-state index contributed by atoms with van der Waals surface area (Å²) >= 11 is 3.42. The Labute approximate surface area is 75.8 Å². The molecule has 0 N–H and O–H groups in total. The maximum absolute atomic E-state index is 3.42. The lowest BCUT2D eigenvalue weighted by atomic mass is 9.80. The van der Waals surface area contributed by atoms with Gasteiger partial charge < -0.3 is 0 Å². The second-order valence-electron chi connectivity index (χ2n) is 2.97. The molecule has 0 saturated heterocycles. The van der Waals surface area contributed by atoms with Gasteiger partial charge in [0.25, 0.3) is 0 Å². The van der Waals surface area contributed by atoms with Crippen LogP contribution in [-0.2, 0) is 0 Å². The summed E-state index contributed by atoms with van der Waals surface area (Å²) in [5, 5.41) is 0. The predicted molar refractivity (Wildman–Crippen MR) is 50.4 cm³/mol. The van der Waals surface area contributed by atoms with Gasteiger partial charge in [0.2, 0.25) is 0 Å². The molecule has 1 atom stereocenters. The van der Waals surface area contributed by atoms with Gasteiger partial charge in [-0.15, -0.1) is 0 Å². The van der Waals surface area contributed by atoms with Crippen LogP contribution < -0.4 is 0 Å². The molecule has 0 heterocycles. The Morgan fingerprint density at radius 1 is 1.18 bits per heavy atom. The lowest BCUT2D eigenvalue weighted by Gasteiger charge is -2.25. The van der Waals surface area contributed by atoms with Gasteiger partial charge in [-0.3, -0.25) is 0 Å². The zero-order chi connectivity index (χ0) is 7.68. The van der Waals surface area contributed by atoms with Crippen molar-refractivity contribution >= 4 is 15.9 Å². The zero-order valence-corrected chi connectivity index (χ0v) is 7.84. The summed E-state index contributed by atoms with van der Waals surface area (Å²) in [6, 6.07) is 8.62. The first kappa shape index (κ1) is 7.35. The van der Waals surface area contributed by atoms with E-state index in [1.807, 2.05) is 0 Å². The Balaban J connectivity index is 2.18. The van der Waals surface area contributed by atoms with Crippen molar-refractivity contribution in [1.29, 1.82) is 0 Å². The van der Waals surface area contributed by atoms with Gasteiger partial charge in [-0.05, 0) is 42.9 Å². The molecule has 57 valence electrons. The third kappa shape index (κ3) is 1.48. The standard InChI is InChI=1S/C10H10Br/c11-10-6-4-9(5-7-10)8-2-1-3-8/h2,4-8H,1,3H2. The molecule has 2 rings (SSSR count). The van der Waals surface area contributed by atoms with E-state index >= 15 is 0 Å². The van der Waals surface area contributed by atoms with Crippen LogP contribution >= 0.6 is 15.9 Å². The van der Waals surface area contributed by atoms with Crippen LogP contribution in [0, 0.1) is 6.42 Å². The van der Waals surface area contributed by atoms with Crippen molar-refractivity contribution in [3.8, 4) is 0 Å². The summed E-state index contributed by atoms with van der Waals surface area (Å²) < 4.78 is 1.17. The maximum atomic E-state index is 3.42. The van der Waals surface area contributed by atoms with E-state index in [4.69, 9.17) is 0 Å². The van der Waals surface area contributed by atoms with E-state index < -0.39 is 0 Å². The van der Waals surface area contributed by atoms with Crippen molar-refractivity contribution in [3.63, 3.8) is 0 Å². The Bertz CT molecular complexity index is 234. The second kappa shape index (κ2) is 2.98. The van der Waals surface area contributed by atoms with E-state index in [-0.39, 0.29) is 0 Å². The molecule has 1 radical (unpaired) electrons. The van der Waals surface area contributed by atoms with Crippen LogP contribution in [0.1, 0.15) is 24.3 Å². The van der Waals surface area contributed by atoms with Crippen LogP contribution in [0.4, 0.5) is 0 Å². The predicted octanol–water partition coefficient (Wildman–Crippen LogP) is 3.53. The SMILES string of the molecule is Brc1ccc(C2[CH]CC2)cc1. The van der Waals surface area contributed by atoms with Crippen LogP contribution in [0.15, 0.2) is 28.7 Å². The van der Waals surface area contributed by atoms with Gasteiger partial charge >= 0.3 is 0 Å². The molecule has 0 amide bonds. The lowest BCUT2D eigenvalue weighted by Crippen LogP contribution is -2.09. The molecule has 11 heavy (non-hydrogen) atoms. The van der Waals surface area contributed by atoms with Gasteiger partial charge in [-0.1, -0.05) is 28.1 Å². The first-order valence-electron chi connectivity index (χ1n) is 3.95. The third-order valence-corrected chi connectivity index (χ3v) is 2.76. The minimum Gasteiger partial charge on any atom is -0.0576 e. The fraction of sp³-hybridized carbons (Fsp3) is 0.300. The van der Waals surface area contributed by atoms with Crippen molar-refractivity contribution in [3.05, 3.63) is 40.7 Å². The minimum absolute atomic E-state index is 0.739. The van der Waals surface area contributed by atoms with Crippen molar-refractivity contribution in [2.75, 3.05) is 0 Å². The van der Waals surface area contributed by atoms with E-state index in [0.717, 1.165) is 5.92 Å². The van der Waals surface area contributed by atoms with Crippen LogP contribution in [0.2, 0.25) is 0 Å². The van der Waals surface area contributed by atoms with Gasteiger partial charge in [0.1, 0.15) is 0 Å². The molecule has 1 unspecified atom stereocenters. The van der Waals surface area contributed by atoms with Crippen LogP contribution in [-0.4, -0.2) is 0 Å². The van der Waals surface area contributed by atoms with Gasteiger partial charge in [-0.2, -0.15) is 0 Å². The Morgan fingerprint density at radius 2 is 1.82 bits per heavy atom. The average molecular weight is 210 g/mol. The largest absolute Gasteiger partial charge is 0.0576 e. The number of rotatable bonds is 1. The molecule has 1 saturated carbocycles. The number of halogens is 1. The van der Waals surface area contributed by atoms with E-state index in [9.17, 15) is 0 Å². The van der Waals surface area contributed by atoms with Gasteiger partial charge in [-0.25, -0.2) is 0 Å². The van der Waals surface area contributed by atoms with Crippen molar-refractivity contribution < 1.29 is 0 Å². The number of hydrogen-bond acceptors (Lipinski definition) is 0. The number of benzene rings is 1. The quantitative estimate of drug-likeness (QED) is 0.665. The molecular weight excluding hydrogens is 200 g/mol. The molecule has 0 bridgehead atoms. The van der Waals surface area contributed by atoms with Crippen LogP contribution in [0.3, 0.4) is 0 Å². The normalized spacial score (nSPS) is 17.9. The Morgan fingerprint density at radius 3 is 2.27 bits per heavy atom. The summed E-state index contributed by atoms with van der Waals surface area (Å²) in [7, 11) is 0. The van der Waals surface area contributed by atoms with Crippen molar-refractivity contribution in [1.82, 2.24) is 0 Å². The van der Waals surface area contributed by atoms with Gasteiger partial charge in [0.05, 0.1) is 0 Å². The van der Waals surface area contributed by atoms with Crippen LogP contribution in [0.5, 0.6) is 0 Å². The molecule has 0 aliphatic heterocycles. The Hall–Kier alpha value is -0.300. The van der Waals surface area contributed by atoms with Crippen molar-refractivity contribution in [2.24, 2.45) is 0 Å². The molecule has 0 nitrogen and oxygen atoms in total. The molecule has 1 aliphatic rings. The first-order chi connectivity index (χ1) is 5.36. The Kier molecular flexibility index (Phi) is 1.99. The highest BCUT2D eigenvalue weighted by atomic mass is 79.9. The highest BCUT2D eigenvalue weighted by molar-refractivity contribution is 9.10. The third-order valence-electron chi connectivity index (χ3n) is 2.23. The zero-order valence-electron chi connectivity index (χ0n) is 6.26. The summed E-state index contributed by atoms with van der Waals surface area (Å²) in [6.45, 7) is 0. The van der Waals surface area contributed by atoms with E-state index in [1.165, 1.54) is 22.9 Å². The monoisotopic (exact) mass is 209 g/mol. The van der Waals surface area contributed by atoms with E-state index in [0.29, 0.717) is 0 Å². The fourth-order valence-corrected chi connectivity index (χ4v) is 1.61. The first-order valence-corrected chi connectivity index (χ1v) is 4.74. The average Bonchev–Trinajstić information content (AvgIpc) is 1.90. The van der Waals surface area contributed by atoms with E-state index in [2.05, 4.69) is 46.6 Å². The topological polar surface area (TPSA) is 0 Å². The molecule has 0 aromatic heterocycles. The summed E-state index contributed by atoms with van der Waals surface area (Å²) in [5.41, 5.74) is 1.46. The molecule has 1 fully saturated rings. The molecule has 1 heteroatoms. The summed E-state index contributed by atoms with van der Waals surface area (Å²) in [4.78, 5) is 0. The summed E-state index contributed by atoms with van der Waals surface area (Å²) in [6.07, 6.45) is 5.01. The van der Waals surface area contributed by atoms with E-state index in [1.54, 1.807) is 0 Å². The lowest BCUT2D eigenvalue weighted by molar-refractivity contribution is 0.553. The van der Waals surface area contributed by atoms with Crippen molar-refractivity contribution in [2.45, 2.75) is 18.8 Å². The number of hydrogen-bond donors (Lipinski definition) is 0. The van der Waals surface area contributed by atoms with Gasteiger partial charge in [0.15, 0.2) is 0 Å². The fourth-order valence-electron chi connectivity index (χ4n) is 1.35. The highest BCUT2D eigenvalue weighted by Gasteiger charge is 2.18. The minimum atomic E-state index is 0.739. The molecular formula is C10H10Br. The van der Waals surface area contributed by atoms with Gasteiger partial charge in [0, 0.05) is 4.47 Å². The second-order valence-corrected chi connectivity index (χ2v) is 3.89. The summed E-state index contributed by atoms with van der Waals surface area (Å²) in [5.74, 6) is 0.739. The smallest absolute Gasteiger partial charge is 0.0175 e. The molecule has 0 spiro atoms. The molecule has 1 aromatic carbocycles. The molecule has 1 aliphatic carbocycles. The highest BCUT2D eigenvalue weighted by Crippen LogP contribution is 2.35.